The van der Waals surface area contributed by atoms with Crippen LogP contribution < -0.4 is 5.32 Å². The van der Waals surface area contributed by atoms with Crippen molar-refractivity contribution in [3.8, 4) is 5.69 Å². The second-order valence-corrected chi connectivity index (χ2v) is 6.04. The van der Waals surface area contributed by atoms with Crippen molar-refractivity contribution in [3.05, 3.63) is 43.0 Å². The third kappa shape index (κ3) is 2.46. The Morgan fingerprint density at radius 3 is 2.79 bits per heavy atom. The van der Waals surface area contributed by atoms with Crippen LogP contribution in [0.4, 0.5) is 5.69 Å². The molecule has 98 valence electrons. The number of amides is 1. The molecule has 1 atom stereocenters. The van der Waals surface area contributed by atoms with Crippen LogP contribution in [0.5, 0.6) is 0 Å². The van der Waals surface area contributed by atoms with Gasteiger partial charge in [0, 0.05) is 12.4 Å². The van der Waals surface area contributed by atoms with Gasteiger partial charge in [0.25, 0.3) is 0 Å². The van der Waals surface area contributed by atoms with Gasteiger partial charge in [-0.25, -0.2) is 4.98 Å². The van der Waals surface area contributed by atoms with E-state index in [9.17, 15) is 4.79 Å². The standard InChI is InChI=1S/C13H11Cl2N3O/c14-13(15)7-9(13)12(19)17-10-3-1-2-4-11(10)18-6-5-16-8-18/h1-6,8-9H,7H2,(H,17,19). The molecular formula is C13H11Cl2N3O. The molecule has 0 radical (unpaired) electrons. The van der Waals surface area contributed by atoms with Gasteiger partial charge in [-0.15, -0.1) is 23.2 Å². The Kier molecular flexibility index (Phi) is 2.99. The first-order valence-electron chi connectivity index (χ1n) is 5.84. The Bertz CT molecular complexity index is 610. The first kappa shape index (κ1) is 12.5. The molecule has 4 nitrogen and oxygen atoms in total. The number of hydrogen-bond acceptors (Lipinski definition) is 2. The van der Waals surface area contributed by atoms with Gasteiger partial charge in [-0.1, -0.05) is 12.1 Å². The predicted molar refractivity (Wildman–Crippen MR) is 74.7 cm³/mol. The molecule has 19 heavy (non-hydrogen) atoms. The molecule has 1 N–H and O–H groups in total. The molecule has 0 aliphatic heterocycles. The van der Waals surface area contributed by atoms with Crippen LogP contribution in [0, 0.1) is 5.92 Å². The van der Waals surface area contributed by atoms with Crippen molar-refractivity contribution >= 4 is 34.8 Å². The van der Waals surface area contributed by atoms with Crippen molar-refractivity contribution < 1.29 is 4.79 Å². The highest BCUT2D eigenvalue weighted by molar-refractivity contribution is 6.52. The number of nitrogens with one attached hydrogen (secondary N) is 1. The van der Waals surface area contributed by atoms with E-state index >= 15 is 0 Å². The van der Waals surface area contributed by atoms with Crippen LogP contribution in [0.15, 0.2) is 43.0 Å². The summed E-state index contributed by atoms with van der Waals surface area (Å²) >= 11 is 11.8. The lowest BCUT2D eigenvalue weighted by atomic mass is 10.2. The molecule has 1 aromatic heterocycles. The number of benzene rings is 1. The van der Waals surface area contributed by atoms with Crippen LogP contribution in [0.2, 0.25) is 0 Å². The molecule has 1 amide bonds. The summed E-state index contributed by atoms with van der Waals surface area (Å²) in [6.07, 6.45) is 5.67. The van der Waals surface area contributed by atoms with E-state index < -0.39 is 4.33 Å². The number of imidazole rings is 1. The van der Waals surface area contributed by atoms with Gasteiger partial charge >= 0.3 is 0 Å². The van der Waals surface area contributed by atoms with Crippen LogP contribution in [0.1, 0.15) is 6.42 Å². The highest BCUT2D eigenvalue weighted by Gasteiger charge is 2.56. The molecule has 1 aliphatic rings. The van der Waals surface area contributed by atoms with Gasteiger partial charge in [-0.05, 0) is 18.6 Å². The summed E-state index contributed by atoms with van der Waals surface area (Å²) in [7, 11) is 0. The molecular weight excluding hydrogens is 285 g/mol. The number of carbonyl (C=O) groups is 1. The maximum Gasteiger partial charge on any atom is 0.230 e. The normalized spacial score (nSPS) is 20.0. The Balaban J connectivity index is 1.84. The lowest BCUT2D eigenvalue weighted by molar-refractivity contribution is -0.117. The number of rotatable bonds is 3. The summed E-state index contributed by atoms with van der Waals surface area (Å²) in [5.74, 6) is -0.496. The van der Waals surface area contributed by atoms with Crippen molar-refractivity contribution in [2.75, 3.05) is 5.32 Å². The maximum atomic E-state index is 12.0. The van der Waals surface area contributed by atoms with Crippen molar-refractivity contribution in [2.45, 2.75) is 10.8 Å². The van der Waals surface area contributed by atoms with Gasteiger partial charge in [0.15, 0.2) is 0 Å². The average molecular weight is 296 g/mol. The van der Waals surface area contributed by atoms with Crippen LogP contribution >= 0.6 is 23.2 Å². The molecule has 6 heteroatoms. The minimum absolute atomic E-state index is 0.155. The molecule has 1 heterocycles. The van der Waals surface area contributed by atoms with Gasteiger partial charge in [-0.3, -0.25) is 4.79 Å². The van der Waals surface area contributed by atoms with Gasteiger partial charge in [0.1, 0.15) is 4.33 Å². The van der Waals surface area contributed by atoms with Crippen molar-refractivity contribution in [1.82, 2.24) is 9.55 Å². The molecule has 0 spiro atoms. The van der Waals surface area contributed by atoms with Crippen molar-refractivity contribution in [1.29, 1.82) is 0 Å². The summed E-state index contributed by atoms with van der Waals surface area (Å²) in [6.45, 7) is 0. The molecule has 0 saturated heterocycles. The molecule has 1 aliphatic carbocycles. The SMILES string of the molecule is O=C(Nc1ccccc1-n1ccnc1)C1CC1(Cl)Cl. The van der Waals surface area contributed by atoms with Crippen LogP contribution in [0.25, 0.3) is 5.69 Å². The smallest absolute Gasteiger partial charge is 0.230 e. The zero-order chi connectivity index (χ0) is 13.5. The second-order valence-electron chi connectivity index (χ2n) is 4.49. The fraction of sp³-hybridized carbons (Fsp3) is 0.231. The summed E-state index contributed by atoms with van der Waals surface area (Å²) in [5, 5.41) is 2.86. The number of aromatic nitrogens is 2. The number of alkyl halides is 2. The van der Waals surface area contributed by atoms with E-state index in [1.54, 1.807) is 12.5 Å². The average Bonchev–Trinajstić information content (AvgIpc) is 2.80. The van der Waals surface area contributed by atoms with Crippen LogP contribution in [-0.4, -0.2) is 19.8 Å². The number of nitrogens with zero attached hydrogens (tertiary/aromatic N) is 2. The molecule has 0 bridgehead atoms. The van der Waals surface area contributed by atoms with Gasteiger partial charge < -0.3 is 9.88 Å². The summed E-state index contributed by atoms with van der Waals surface area (Å²) in [6, 6.07) is 7.49. The van der Waals surface area contributed by atoms with E-state index in [1.165, 1.54) is 0 Å². The van der Waals surface area contributed by atoms with E-state index in [1.807, 2.05) is 35.0 Å². The highest BCUT2D eigenvalue weighted by atomic mass is 35.5. The minimum Gasteiger partial charge on any atom is -0.324 e. The lowest BCUT2D eigenvalue weighted by Crippen LogP contribution is -2.18. The summed E-state index contributed by atoms with van der Waals surface area (Å²) in [4.78, 5) is 16.0. The van der Waals surface area contributed by atoms with E-state index in [4.69, 9.17) is 23.2 Å². The third-order valence-corrected chi connectivity index (χ3v) is 3.92. The number of anilines is 1. The first-order valence-corrected chi connectivity index (χ1v) is 6.59. The summed E-state index contributed by atoms with van der Waals surface area (Å²) in [5.41, 5.74) is 1.56. The number of para-hydroxylation sites is 2. The number of carbonyl (C=O) groups excluding carboxylic acids is 1. The van der Waals surface area contributed by atoms with Crippen LogP contribution in [0.3, 0.4) is 0 Å². The Morgan fingerprint density at radius 1 is 1.42 bits per heavy atom. The number of halogens is 2. The molecule has 1 unspecified atom stereocenters. The van der Waals surface area contributed by atoms with E-state index in [2.05, 4.69) is 10.3 Å². The molecule has 1 fully saturated rings. The van der Waals surface area contributed by atoms with Crippen molar-refractivity contribution in [3.63, 3.8) is 0 Å². The van der Waals surface area contributed by atoms with Crippen LogP contribution in [-0.2, 0) is 4.79 Å². The largest absolute Gasteiger partial charge is 0.324 e. The fourth-order valence-electron chi connectivity index (χ4n) is 1.92. The Hall–Kier alpha value is -1.52. The highest BCUT2D eigenvalue weighted by Crippen LogP contribution is 2.53. The Labute approximate surface area is 120 Å². The monoisotopic (exact) mass is 295 g/mol. The topological polar surface area (TPSA) is 46.9 Å². The lowest BCUT2D eigenvalue weighted by Gasteiger charge is -2.11. The second kappa shape index (κ2) is 4.54. The van der Waals surface area contributed by atoms with Gasteiger partial charge in [0.2, 0.25) is 5.91 Å². The van der Waals surface area contributed by atoms with Gasteiger partial charge in [0.05, 0.1) is 23.6 Å². The number of hydrogen-bond donors (Lipinski definition) is 1. The zero-order valence-corrected chi connectivity index (χ0v) is 11.4. The molecule has 1 aromatic carbocycles. The molecule has 3 rings (SSSR count). The van der Waals surface area contributed by atoms with E-state index in [-0.39, 0.29) is 11.8 Å². The predicted octanol–water partition coefficient (Wildman–Crippen LogP) is 3.00. The quantitative estimate of drug-likeness (QED) is 0.885. The minimum atomic E-state index is -0.909. The zero-order valence-electron chi connectivity index (χ0n) is 9.88. The summed E-state index contributed by atoms with van der Waals surface area (Å²) < 4.78 is 0.922. The maximum absolute atomic E-state index is 12.0. The van der Waals surface area contributed by atoms with Gasteiger partial charge in [-0.2, -0.15) is 0 Å². The van der Waals surface area contributed by atoms with E-state index in [0.717, 1.165) is 5.69 Å². The third-order valence-electron chi connectivity index (χ3n) is 3.09. The molecule has 2 aromatic rings. The van der Waals surface area contributed by atoms with E-state index in [0.29, 0.717) is 12.1 Å². The van der Waals surface area contributed by atoms with Crippen molar-refractivity contribution in [2.24, 2.45) is 5.92 Å². The first-order chi connectivity index (χ1) is 9.08. The Morgan fingerprint density at radius 2 is 2.16 bits per heavy atom. The molecule has 1 saturated carbocycles. The fourth-order valence-corrected chi connectivity index (χ4v) is 2.43.